The quantitative estimate of drug-likeness (QED) is 0.530. The highest BCUT2D eigenvalue weighted by atomic mass is 127. The molecule has 4 rings (SSSR count). The second kappa shape index (κ2) is 5.00. The molecule has 1 aromatic carbocycles. The summed E-state index contributed by atoms with van der Waals surface area (Å²) in [5.41, 5.74) is 5.29. The normalized spacial score (nSPS) is 11.1. The van der Waals surface area contributed by atoms with Gasteiger partial charge in [-0.1, -0.05) is 24.3 Å². The topological polar surface area (TPSA) is 46.0 Å². The third-order valence-electron chi connectivity index (χ3n) is 3.43. The van der Waals surface area contributed by atoms with E-state index in [1.807, 2.05) is 18.5 Å². The van der Waals surface area contributed by atoms with Gasteiger partial charge in [-0.3, -0.25) is 5.10 Å². The van der Waals surface area contributed by atoms with Gasteiger partial charge in [0.1, 0.15) is 5.65 Å². The van der Waals surface area contributed by atoms with E-state index in [9.17, 15) is 0 Å². The molecule has 0 amide bonds. The lowest BCUT2D eigenvalue weighted by atomic mass is 10.1. The molecule has 0 radical (unpaired) electrons. The van der Waals surface area contributed by atoms with E-state index in [4.69, 9.17) is 0 Å². The summed E-state index contributed by atoms with van der Waals surface area (Å²) < 4.78 is 3.25. The maximum atomic E-state index is 4.66. The minimum Gasteiger partial charge on any atom is -0.305 e. The molecule has 3 aromatic heterocycles. The van der Waals surface area contributed by atoms with Crippen molar-refractivity contribution in [2.45, 2.75) is 0 Å². The van der Waals surface area contributed by atoms with Crippen molar-refractivity contribution < 1.29 is 0 Å². The average molecular weight is 386 g/mol. The number of nitrogens with zero attached hydrogens (tertiary/aromatic N) is 3. The van der Waals surface area contributed by atoms with Crippen LogP contribution in [0.4, 0.5) is 0 Å². The van der Waals surface area contributed by atoms with Crippen LogP contribution in [0.2, 0.25) is 0 Å². The number of aromatic nitrogens is 4. The lowest BCUT2D eigenvalue weighted by molar-refractivity contribution is 1.09. The number of hydrogen-bond donors (Lipinski definition) is 1. The van der Waals surface area contributed by atoms with E-state index in [0.29, 0.717) is 0 Å². The summed E-state index contributed by atoms with van der Waals surface area (Å²) in [6.07, 6.45) is 7.85. The van der Waals surface area contributed by atoms with Crippen LogP contribution >= 0.6 is 22.6 Å². The van der Waals surface area contributed by atoms with Crippen LogP contribution < -0.4 is 0 Å². The Morgan fingerprint density at radius 2 is 1.71 bits per heavy atom. The monoisotopic (exact) mass is 386 g/mol. The Morgan fingerprint density at radius 1 is 0.905 bits per heavy atom. The third-order valence-corrected chi connectivity index (χ3v) is 4.07. The Hall–Kier alpha value is -2.15. The van der Waals surface area contributed by atoms with Crippen LogP contribution in [0.3, 0.4) is 0 Å². The zero-order valence-electron chi connectivity index (χ0n) is 11.0. The molecular formula is C16H11IN4. The molecule has 0 aliphatic rings. The molecule has 0 unspecified atom stereocenters. The highest BCUT2D eigenvalue weighted by Gasteiger charge is 2.05. The molecule has 0 bridgehead atoms. The number of benzene rings is 1. The molecule has 0 saturated carbocycles. The predicted octanol–water partition coefficient (Wildman–Crippen LogP) is 4.00. The van der Waals surface area contributed by atoms with Gasteiger partial charge in [-0.2, -0.15) is 5.10 Å². The fourth-order valence-electron chi connectivity index (χ4n) is 2.35. The maximum Gasteiger partial charge on any atom is 0.137 e. The number of nitrogens with one attached hydrogen (secondary N) is 1. The number of H-pyrrole nitrogens is 1. The summed E-state index contributed by atoms with van der Waals surface area (Å²) in [6.45, 7) is 0. The first-order valence-electron chi connectivity index (χ1n) is 6.53. The Balaban J connectivity index is 1.74. The number of aromatic amines is 1. The third kappa shape index (κ3) is 2.33. The molecule has 4 aromatic rings. The average Bonchev–Trinajstić information content (AvgIpc) is 3.16. The van der Waals surface area contributed by atoms with Crippen molar-refractivity contribution in [1.29, 1.82) is 0 Å². The van der Waals surface area contributed by atoms with E-state index in [1.165, 1.54) is 3.57 Å². The molecule has 5 heteroatoms. The Bertz CT molecular complexity index is 892. The summed E-state index contributed by atoms with van der Waals surface area (Å²) in [6, 6.07) is 12.5. The largest absolute Gasteiger partial charge is 0.305 e. The summed E-state index contributed by atoms with van der Waals surface area (Å²) in [5.74, 6) is 0. The minimum atomic E-state index is 0.962. The fraction of sp³-hybridized carbons (Fsp3) is 0. The number of fused-ring (bicyclic) bond motifs is 1. The Kier molecular flexibility index (Phi) is 2.99. The van der Waals surface area contributed by atoms with E-state index in [1.54, 1.807) is 0 Å². The smallest absolute Gasteiger partial charge is 0.137 e. The van der Waals surface area contributed by atoms with E-state index in [2.05, 4.69) is 84.9 Å². The molecule has 4 nitrogen and oxygen atoms in total. The molecule has 102 valence electrons. The lowest BCUT2D eigenvalue weighted by Gasteiger charge is -1.99. The van der Waals surface area contributed by atoms with Gasteiger partial charge in [-0.15, -0.1) is 0 Å². The zero-order valence-corrected chi connectivity index (χ0v) is 13.2. The minimum absolute atomic E-state index is 0.962. The highest BCUT2D eigenvalue weighted by molar-refractivity contribution is 14.1. The van der Waals surface area contributed by atoms with Crippen LogP contribution in [0.25, 0.3) is 28.0 Å². The first kappa shape index (κ1) is 12.6. The van der Waals surface area contributed by atoms with Crippen LogP contribution in [0.15, 0.2) is 61.2 Å². The van der Waals surface area contributed by atoms with E-state index in [-0.39, 0.29) is 0 Å². The zero-order chi connectivity index (χ0) is 14.2. The summed E-state index contributed by atoms with van der Waals surface area (Å²) >= 11 is 2.30. The number of hydrogen-bond acceptors (Lipinski definition) is 2. The van der Waals surface area contributed by atoms with Gasteiger partial charge in [0.25, 0.3) is 0 Å². The Morgan fingerprint density at radius 3 is 2.48 bits per heavy atom. The van der Waals surface area contributed by atoms with Crippen LogP contribution in [0.5, 0.6) is 0 Å². The number of halogens is 1. The van der Waals surface area contributed by atoms with Gasteiger partial charge in [-0.25, -0.2) is 4.98 Å². The Labute approximate surface area is 135 Å². The van der Waals surface area contributed by atoms with Crippen molar-refractivity contribution in [2.24, 2.45) is 0 Å². The van der Waals surface area contributed by atoms with Gasteiger partial charge in [0.15, 0.2) is 0 Å². The van der Waals surface area contributed by atoms with Crippen molar-refractivity contribution in [3.05, 3.63) is 64.8 Å². The highest BCUT2D eigenvalue weighted by Crippen LogP contribution is 2.24. The van der Waals surface area contributed by atoms with Gasteiger partial charge in [0, 0.05) is 33.3 Å². The number of pyridine rings is 1. The van der Waals surface area contributed by atoms with Crippen LogP contribution in [-0.4, -0.2) is 19.6 Å². The van der Waals surface area contributed by atoms with Crippen molar-refractivity contribution in [3.63, 3.8) is 0 Å². The molecular weight excluding hydrogens is 375 g/mol. The molecule has 0 fully saturated rings. The predicted molar refractivity (Wildman–Crippen MR) is 90.9 cm³/mol. The van der Waals surface area contributed by atoms with Crippen molar-refractivity contribution >= 4 is 28.2 Å². The van der Waals surface area contributed by atoms with E-state index >= 15 is 0 Å². The lowest BCUT2D eigenvalue weighted by Crippen LogP contribution is -1.82. The van der Waals surface area contributed by atoms with Crippen LogP contribution in [0.1, 0.15) is 0 Å². The second-order valence-electron chi connectivity index (χ2n) is 4.80. The molecule has 1 N–H and O–H groups in total. The maximum absolute atomic E-state index is 4.66. The van der Waals surface area contributed by atoms with Gasteiger partial charge in [0.2, 0.25) is 0 Å². The fourth-order valence-corrected chi connectivity index (χ4v) is 2.83. The summed E-state index contributed by atoms with van der Waals surface area (Å²) in [5, 5.41) is 6.81. The van der Waals surface area contributed by atoms with Crippen molar-refractivity contribution in [3.8, 4) is 22.4 Å². The van der Waals surface area contributed by atoms with Crippen molar-refractivity contribution in [2.75, 3.05) is 0 Å². The van der Waals surface area contributed by atoms with Crippen molar-refractivity contribution in [1.82, 2.24) is 19.6 Å². The van der Waals surface area contributed by atoms with Gasteiger partial charge in [0.05, 0.1) is 11.9 Å². The number of rotatable bonds is 2. The molecule has 21 heavy (non-hydrogen) atoms. The van der Waals surface area contributed by atoms with Crippen LogP contribution in [0, 0.1) is 3.57 Å². The van der Waals surface area contributed by atoms with Gasteiger partial charge >= 0.3 is 0 Å². The first-order valence-corrected chi connectivity index (χ1v) is 7.61. The van der Waals surface area contributed by atoms with E-state index < -0.39 is 0 Å². The molecule has 0 spiro atoms. The molecule has 0 saturated heterocycles. The molecule has 0 atom stereocenters. The van der Waals surface area contributed by atoms with Gasteiger partial charge in [-0.05, 0) is 40.3 Å². The SMILES string of the molecule is Ic1ccc2nc(-c3ccc(-c4cn[nH]c4)cc3)cn2c1. The summed E-state index contributed by atoms with van der Waals surface area (Å²) in [7, 11) is 0. The molecule has 0 aliphatic heterocycles. The standard InChI is InChI=1S/C16H11IN4/c17-14-5-6-16-20-15(10-21(16)9-14)12-3-1-11(2-4-12)13-7-18-19-8-13/h1-10H,(H,18,19). The van der Waals surface area contributed by atoms with Gasteiger partial charge < -0.3 is 4.40 Å². The second-order valence-corrected chi connectivity index (χ2v) is 6.05. The van der Waals surface area contributed by atoms with E-state index in [0.717, 1.165) is 28.0 Å². The molecule has 0 aliphatic carbocycles. The van der Waals surface area contributed by atoms with Crippen LogP contribution in [-0.2, 0) is 0 Å². The first-order chi connectivity index (χ1) is 10.3. The summed E-state index contributed by atoms with van der Waals surface area (Å²) in [4.78, 5) is 4.66. The molecule has 3 heterocycles. The number of imidazole rings is 1.